The van der Waals surface area contributed by atoms with Crippen LogP contribution in [0.2, 0.25) is 0 Å². The van der Waals surface area contributed by atoms with Crippen LogP contribution < -0.4 is 10.6 Å². The molecule has 0 aromatic carbocycles. The van der Waals surface area contributed by atoms with Gasteiger partial charge in [0.25, 0.3) is 11.8 Å². The number of nitrogens with one attached hydrogen (secondary N) is 2. The van der Waals surface area contributed by atoms with E-state index >= 15 is 0 Å². The molecule has 186 valence electrons. The van der Waals surface area contributed by atoms with Gasteiger partial charge in [-0.05, 0) is 56.5 Å². The Morgan fingerprint density at radius 1 is 1.00 bits per heavy atom. The number of thiophene rings is 2. The van der Waals surface area contributed by atoms with Crippen LogP contribution in [0.4, 0.5) is 11.4 Å². The molecule has 0 spiro atoms. The van der Waals surface area contributed by atoms with E-state index in [2.05, 4.69) is 10.6 Å². The van der Waals surface area contributed by atoms with Crippen LogP contribution in [0.25, 0.3) is 0 Å². The summed E-state index contributed by atoms with van der Waals surface area (Å²) in [5.41, 5.74) is 1.97. The minimum atomic E-state index is -2.09. The molecule has 0 fully saturated rings. The SMILES string of the molecule is CC[P+](CC)(CC(=O)Nc1c(C)csc1C(=O)CO)C(C)C(=O)Nc1c(C)csc1C(=O)OC. The number of ether oxygens (including phenoxy) is 1. The fraction of sp³-hybridized carbons (Fsp3) is 0.478. The lowest BCUT2D eigenvalue weighted by Crippen LogP contribution is -2.34. The van der Waals surface area contributed by atoms with Crippen molar-refractivity contribution in [2.24, 2.45) is 0 Å². The third-order valence-electron chi connectivity index (χ3n) is 6.15. The number of carbonyl (C=O) groups is 4. The molecular weight excluding hydrogens is 495 g/mol. The van der Waals surface area contributed by atoms with Crippen LogP contribution in [-0.4, -0.2) is 66.5 Å². The first-order valence-electron chi connectivity index (χ1n) is 10.9. The van der Waals surface area contributed by atoms with Gasteiger partial charge in [0.05, 0.1) is 35.7 Å². The average molecular weight is 528 g/mol. The van der Waals surface area contributed by atoms with Gasteiger partial charge in [0.15, 0.2) is 5.78 Å². The molecule has 0 bridgehead atoms. The molecule has 2 aromatic heterocycles. The Morgan fingerprint density at radius 2 is 1.53 bits per heavy atom. The maximum atomic E-state index is 13.3. The van der Waals surface area contributed by atoms with Gasteiger partial charge in [-0.3, -0.25) is 14.4 Å². The molecule has 2 aromatic rings. The summed E-state index contributed by atoms with van der Waals surface area (Å²) in [4.78, 5) is 51.2. The molecule has 2 rings (SSSR count). The molecule has 3 N–H and O–H groups in total. The smallest absolute Gasteiger partial charge is 0.350 e. The average Bonchev–Trinajstić information content (AvgIpc) is 3.38. The van der Waals surface area contributed by atoms with Gasteiger partial charge in [0, 0.05) is 7.26 Å². The van der Waals surface area contributed by atoms with E-state index in [4.69, 9.17) is 4.74 Å². The summed E-state index contributed by atoms with van der Waals surface area (Å²) in [6.07, 6.45) is 1.55. The zero-order valence-electron chi connectivity index (χ0n) is 20.3. The fourth-order valence-corrected chi connectivity index (χ4v) is 9.13. The van der Waals surface area contributed by atoms with Crippen molar-refractivity contribution in [3.63, 3.8) is 0 Å². The minimum Gasteiger partial charge on any atom is -0.465 e. The Hall–Kier alpha value is -2.13. The van der Waals surface area contributed by atoms with E-state index in [9.17, 15) is 24.3 Å². The molecule has 11 heteroatoms. The molecule has 1 unspecified atom stereocenters. The topological polar surface area (TPSA) is 122 Å². The quantitative estimate of drug-likeness (QED) is 0.226. The van der Waals surface area contributed by atoms with Gasteiger partial charge >= 0.3 is 5.97 Å². The van der Waals surface area contributed by atoms with Crippen LogP contribution in [-0.2, 0) is 14.3 Å². The molecule has 0 radical (unpaired) electrons. The van der Waals surface area contributed by atoms with E-state index in [0.717, 1.165) is 11.1 Å². The molecule has 34 heavy (non-hydrogen) atoms. The number of aryl methyl sites for hydroxylation is 2. The Balaban J connectivity index is 2.24. The second-order valence-electron chi connectivity index (χ2n) is 8.04. The fourth-order valence-electron chi connectivity index (χ4n) is 3.79. The van der Waals surface area contributed by atoms with Crippen LogP contribution >= 0.6 is 29.9 Å². The first-order valence-corrected chi connectivity index (χ1v) is 15.1. The summed E-state index contributed by atoms with van der Waals surface area (Å²) in [7, 11) is -0.792. The van der Waals surface area contributed by atoms with Crippen molar-refractivity contribution in [1.29, 1.82) is 0 Å². The van der Waals surface area contributed by atoms with Crippen LogP contribution in [0.5, 0.6) is 0 Å². The number of aliphatic hydroxyl groups excluding tert-OH is 1. The molecule has 0 aliphatic carbocycles. The maximum Gasteiger partial charge on any atom is 0.350 e. The van der Waals surface area contributed by atoms with Crippen molar-refractivity contribution in [3.8, 4) is 0 Å². The number of amides is 2. The van der Waals surface area contributed by atoms with Crippen LogP contribution in [0.3, 0.4) is 0 Å². The number of ketones is 1. The lowest BCUT2D eigenvalue weighted by molar-refractivity contribution is -0.115. The number of anilines is 2. The summed E-state index contributed by atoms with van der Waals surface area (Å²) >= 11 is 2.40. The van der Waals surface area contributed by atoms with Crippen molar-refractivity contribution in [2.45, 2.75) is 40.3 Å². The molecule has 0 aliphatic rings. The minimum absolute atomic E-state index is 0.184. The number of hydrogen-bond donors (Lipinski definition) is 3. The number of methoxy groups -OCH3 is 1. The van der Waals surface area contributed by atoms with Crippen molar-refractivity contribution in [1.82, 2.24) is 0 Å². The third-order valence-corrected chi connectivity index (χ3v) is 13.7. The second-order valence-corrected chi connectivity index (χ2v) is 14.6. The molecular formula is C23H32N2O6PS2+. The van der Waals surface area contributed by atoms with Gasteiger partial charge in [0.1, 0.15) is 23.3 Å². The number of hydrogen-bond acceptors (Lipinski definition) is 8. The number of esters is 1. The van der Waals surface area contributed by atoms with Gasteiger partial charge in [-0.2, -0.15) is 0 Å². The van der Waals surface area contributed by atoms with Gasteiger partial charge in [-0.1, -0.05) is 0 Å². The lowest BCUT2D eigenvalue weighted by Gasteiger charge is -2.30. The normalized spacial score (nSPS) is 12.2. The first-order chi connectivity index (χ1) is 16.0. The number of rotatable bonds is 11. The van der Waals surface area contributed by atoms with Gasteiger partial charge in [0.2, 0.25) is 0 Å². The highest BCUT2D eigenvalue weighted by molar-refractivity contribution is 7.78. The zero-order valence-corrected chi connectivity index (χ0v) is 22.8. The second kappa shape index (κ2) is 12.0. The van der Waals surface area contributed by atoms with Crippen molar-refractivity contribution < 1.29 is 29.0 Å². The standard InChI is InChI=1S/C23H31N2O6PS2/c1-7-32(8-2,10-17(28)24-18-13(3)11-33-20(18)16(27)9-26)15(5)22(29)25-19-14(4)12-34-21(19)23(30)31-6/h11-12,15,26H,7-10H2,1-6H3,(H-,24,25,27,28,29,30)/p+1. The van der Waals surface area contributed by atoms with E-state index in [0.29, 0.717) is 33.5 Å². The van der Waals surface area contributed by atoms with E-state index in [1.165, 1.54) is 29.8 Å². The molecule has 2 amide bonds. The molecule has 2 heterocycles. The monoisotopic (exact) mass is 527 g/mol. The van der Waals surface area contributed by atoms with Gasteiger partial charge in [-0.25, -0.2) is 4.79 Å². The van der Waals surface area contributed by atoms with Crippen LogP contribution in [0.1, 0.15) is 51.2 Å². The third kappa shape index (κ3) is 5.92. The number of Topliss-reactive ketones (excluding diaryl/α,β-unsaturated/α-hetero) is 1. The molecule has 8 nitrogen and oxygen atoms in total. The predicted molar refractivity (Wildman–Crippen MR) is 140 cm³/mol. The summed E-state index contributed by atoms with van der Waals surface area (Å²) < 4.78 is 4.82. The molecule has 0 saturated carbocycles. The Morgan fingerprint density at radius 3 is 2.03 bits per heavy atom. The zero-order chi connectivity index (χ0) is 25.6. The molecule has 0 saturated heterocycles. The van der Waals surface area contributed by atoms with Crippen LogP contribution in [0, 0.1) is 13.8 Å². The highest BCUT2D eigenvalue weighted by Gasteiger charge is 2.46. The largest absolute Gasteiger partial charge is 0.465 e. The molecule has 1 atom stereocenters. The summed E-state index contributed by atoms with van der Waals surface area (Å²) in [6.45, 7) is 8.78. The van der Waals surface area contributed by atoms with Gasteiger partial charge < -0.3 is 20.5 Å². The van der Waals surface area contributed by atoms with Crippen LogP contribution in [0.15, 0.2) is 10.8 Å². The van der Waals surface area contributed by atoms with Gasteiger partial charge in [-0.15, -0.1) is 22.7 Å². The van der Waals surface area contributed by atoms with E-state index in [1.54, 1.807) is 17.7 Å². The Kier molecular flexibility index (Phi) is 9.94. The highest BCUT2D eigenvalue weighted by Crippen LogP contribution is 2.62. The molecule has 0 aliphatic heterocycles. The predicted octanol–water partition coefficient (Wildman–Crippen LogP) is 4.41. The number of carbonyl (C=O) groups excluding carboxylic acids is 4. The first kappa shape index (κ1) is 28.1. The summed E-state index contributed by atoms with van der Waals surface area (Å²) in [5.74, 6) is -1.45. The van der Waals surface area contributed by atoms with Crippen molar-refractivity contribution in [3.05, 3.63) is 31.6 Å². The van der Waals surface area contributed by atoms with E-state index in [-0.39, 0.29) is 18.0 Å². The number of aliphatic hydroxyl groups is 1. The van der Waals surface area contributed by atoms with Crippen molar-refractivity contribution in [2.75, 3.05) is 42.8 Å². The summed E-state index contributed by atoms with van der Waals surface area (Å²) in [6, 6.07) is 0. The lowest BCUT2D eigenvalue weighted by atomic mass is 10.2. The Bertz CT molecular complexity index is 1070. The highest BCUT2D eigenvalue weighted by atomic mass is 32.1. The van der Waals surface area contributed by atoms with E-state index in [1.807, 2.05) is 27.7 Å². The van der Waals surface area contributed by atoms with E-state index < -0.39 is 31.3 Å². The maximum absolute atomic E-state index is 13.3. The van der Waals surface area contributed by atoms with Crippen molar-refractivity contribution >= 4 is 64.9 Å². The summed E-state index contributed by atoms with van der Waals surface area (Å²) in [5, 5.41) is 18.5. The Labute approximate surface area is 208 Å².